The molecule has 0 aliphatic rings. The number of carbonyl (C=O) groups is 2. The van der Waals surface area contributed by atoms with Crippen molar-refractivity contribution in [1.82, 2.24) is 5.32 Å². The van der Waals surface area contributed by atoms with Gasteiger partial charge in [-0.05, 0) is 5.56 Å². The molecule has 5 heteroatoms. The van der Waals surface area contributed by atoms with Crippen LogP contribution in [0.25, 0.3) is 0 Å². The van der Waals surface area contributed by atoms with Gasteiger partial charge in [0.15, 0.2) is 0 Å². The smallest absolute Gasteiger partial charge is 0.408 e. The molecule has 1 rings (SSSR count). The number of alkyl carbamates (subject to hydrolysis) is 1. The summed E-state index contributed by atoms with van der Waals surface area (Å²) in [7, 11) is 1.27. The summed E-state index contributed by atoms with van der Waals surface area (Å²) in [6.45, 7) is 3.52. The second-order valence-corrected chi connectivity index (χ2v) is 3.80. The molecule has 0 saturated carbocycles. The summed E-state index contributed by atoms with van der Waals surface area (Å²) in [5.41, 5.74) is 0.918. The Morgan fingerprint density at radius 2 is 2.05 bits per heavy atom. The average molecular weight is 263 g/mol. The van der Waals surface area contributed by atoms with Gasteiger partial charge >= 0.3 is 12.1 Å². The average Bonchev–Trinajstić information content (AvgIpc) is 2.44. The molecule has 102 valence electrons. The first-order valence-corrected chi connectivity index (χ1v) is 5.83. The van der Waals surface area contributed by atoms with E-state index in [0.29, 0.717) is 6.42 Å². The Labute approximate surface area is 112 Å². The van der Waals surface area contributed by atoms with Gasteiger partial charge < -0.3 is 14.8 Å². The number of carbonyl (C=O) groups excluding carboxylic acids is 2. The van der Waals surface area contributed by atoms with Gasteiger partial charge in [0.25, 0.3) is 0 Å². The summed E-state index contributed by atoms with van der Waals surface area (Å²) < 4.78 is 9.44. The van der Waals surface area contributed by atoms with E-state index in [1.165, 1.54) is 13.2 Å². The normalized spacial score (nSPS) is 11.2. The summed E-state index contributed by atoms with van der Waals surface area (Å²) in [5.74, 6) is -0.514. The van der Waals surface area contributed by atoms with E-state index in [1.807, 2.05) is 30.3 Å². The van der Waals surface area contributed by atoms with E-state index in [9.17, 15) is 9.59 Å². The number of hydrogen-bond acceptors (Lipinski definition) is 4. The van der Waals surface area contributed by atoms with Gasteiger partial charge in [-0.15, -0.1) is 0 Å². The van der Waals surface area contributed by atoms with E-state index in [4.69, 9.17) is 4.74 Å². The third-order valence-corrected chi connectivity index (χ3v) is 2.39. The molecule has 1 N–H and O–H groups in total. The third-order valence-electron chi connectivity index (χ3n) is 2.39. The van der Waals surface area contributed by atoms with E-state index in [-0.39, 0.29) is 6.61 Å². The highest BCUT2D eigenvalue weighted by Gasteiger charge is 2.22. The molecule has 0 spiro atoms. The van der Waals surface area contributed by atoms with Gasteiger partial charge in [-0.2, -0.15) is 0 Å². The first-order valence-electron chi connectivity index (χ1n) is 5.83. The molecule has 0 heterocycles. The monoisotopic (exact) mass is 263 g/mol. The fraction of sp³-hybridized carbons (Fsp3) is 0.286. The highest BCUT2D eigenvalue weighted by Crippen LogP contribution is 2.04. The fourth-order valence-corrected chi connectivity index (χ4v) is 1.50. The van der Waals surface area contributed by atoms with E-state index in [2.05, 4.69) is 16.6 Å². The van der Waals surface area contributed by atoms with E-state index in [0.717, 1.165) is 5.56 Å². The predicted molar refractivity (Wildman–Crippen MR) is 70.6 cm³/mol. The molecule has 0 fully saturated rings. The zero-order valence-electron chi connectivity index (χ0n) is 10.8. The standard InChI is InChI=1S/C14H17NO4/c1-3-9-19-14(17)15-12(13(16)18-2)10-11-7-5-4-6-8-11/h3-8,12H,1,9-10H2,2H3,(H,15,17)/t12-/m1/s1. The van der Waals surface area contributed by atoms with E-state index < -0.39 is 18.1 Å². The quantitative estimate of drug-likeness (QED) is 0.626. The highest BCUT2D eigenvalue weighted by atomic mass is 16.6. The fourth-order valence-electron chi connectivity index (χ4n) is 1.50. The SMILES string of the molecule is C=CCOC(=O)N[C@H](Cc1ccccc1)C(=O)OC. The maximum atomic E-state index is 11.6. The molecule has 1 aromatic rings. The maximum absolute atomic E-state index is 11.6. The molecule has 0 saturated heterocycles. The molecule has 0 aliphatic heterocycles. The van der Waals surface area contributed by atoms with Crippen LogP contribution in [-0.4, -0.2) is 31.8 Å². The molecule has 5 nitrogen and oxygen atoms in total. The van der Waals surface area contributed by atoms with Crippen LogP contribution in [0, 0.1) is 0 Å². The van der Waals surface area contributed by atoms with Crippen LogP contribution < -0.4 is 5.32 Å². The maximum Gasteiger partial charge on any atom is 0.408 e. The van der Waals surface area contributed by atoms with E-state index in [1.54, 1.807) is 0 Å². The number of nitrogens with one attached hydrogen (secondary N) is 1. The molecule has 19 heavy (non-hydrogen) atoms. The van der Waals surface area contributed by atoms with Crippen molar-refractivity contribution in [2.24, 2.45) is 0 Å². The molecule has 0 bridgehead atoms. The largest absolute Gasteiger partial charge is 0.467 e. The predicted octanol–water partition coefficient (Wildman–Crippen LogP) is 1.68. The van der Waals surface area contributed by atoms with Gasteiger partial charge in [-0.1, -0.05) is 43.0 Å². The van der Waals surface area contributed by atoms with Gasteiger partial charge in [-0.3, -0.25) is 0 Å². The summed E-state index contributed by atoms with van der Waals surface area (Å²) in [6, 6.07) is 8.56. The Morgan fingerprint density at radius 1 is 1.37 bits per heavy atom. The van der Waals surface area contributed by atoms with Crippen LogP contribution in [0.4, 0.5) is 4.79 Å². The lowest BCUT2D eigenvalue weighted by Gasteiger charge is -2.16. The molecule has 1 amide bonds. The Kier molecular flexibility index (Phi) is 6.15. The van der Waals surface area contributed by atoms with Gasteiger partial charge in [0.05, 0.1) is 7.11 Å². The number of amides is 1. The molecule has 0 radical (unpaired) electrons. The Balaban J connectivity index is 2.64. The number of methoxy groups -OCH3 is 1. The topological polar surface area (TPSA) is 64.6 Å². The number of hydrogen-bond donors (Lipinski definition) is 1. The molecule has 1 aromatic carbocycles. The Bertz CT molecular complexity index is 430. The zero-order valence-corrected chi connectivity index (χ0v) is 10.8. The van der Waals surface area contributed by atoms with Crippen molar-refractivity contribution >= 4 is 12.1 Å². The lowest BCUT2D eigenvalue weighted by atomic mass is 10.1. The van der Waals surface area contributed by atoms with Crippen molar-refractivity contribution in [3.63, 3.8) is 0 Å². The minimum absolute atomic E-state index is 0.0884. The Hall–Kier alpha value is -2.30. The van der Waals surface area contributed by atoms with Crippen molar-refractivity contribution in [3.05, 3.63) is 48.6 Å². The number of benzene rings is 1. The van der Waals surface area contributed by atoms with Crippen molar-refractivity contribution in [1.29, 1.82) is 0 Å². The van der Waals surface area contributed by atoms with Gasteiger partial charge in [0.1, 0.15) is 12.6 Å². The van der Waals surface area contributed by atoms with Gasteiger partial charge in [0, 0.05) is 6.42 Å². The number of rotatable bonds is 6. The number of esters is 1. The van der Waals surface area contributed by atoms with Crippen molar-refractivity contribution in [3.8, 4) is 0 Å². The van der Waals surface area contributed by atoms with Crippen LogP contribution in [0.5, 0.6) is 0 Å². The molecule has 0 aliphatic carbocycles. The number of ether oxygens (including phenoxy) is 2. The third kappa shape index (κ3) is 5.25. The molecule has 0 aromatic heterocycles. The van der Waals surface area contributed by atoms with Crippen LogP contribution in [0.1, 0.15) is 5.56 Å². The summed E-state index contributed by atoms with van der Waals surface area (Å²) in [5, 5.41) is 2.47. The van der Waals surface area contributed by atoms with Crippen LogP contribution >= 0.6 is 0 Å². The molecular weight excluding hydrogens is 246 g/mol. The first kappa shape index (κ1) is 14.8. The van der Waals surface area contributed by atoms with Crippen LogP contribution in [0.2, 0.25) is 0 Å². The molecular formula is C14H17NO4. The highest BCUT2D eigenvalue weighted by molar-refractivity contribution is 5.81. The van der Waals surface area contributed by atoms with Gasteiger partial charge in [0.2, 0.25) is 0 Å². The lowest BCUT2D eigenvalue weighted by molar-refractivity contribution is -0.142. The second-order valence-electron chi connectivity index (χ2n) is 3.80. The summed E-state index contributed by atoms with van der Waals surface area (Å²) in [6.07, 6.45) is 1.12. The molecule has 0 unspecified atom stereocenters. The van der Waals surface area contributed by atoms with Crippen LogP contribution in [0.3, 0.4) is 0 Å². The minimum Gasteiger partial charge on any atom is -0.467 e. The Morgan fingerprint density at radius 3 is 2.63 bits per heavy atom. The second kappa shape index (κ2) is 7.92. The summed E-state index contributed by atoms with van der Waals surface area (Å²) in [4.78, 5) is 23.0. The van der Waals surface area contributed by atoms with Crippen LogP contribution in [0.15, 0.2) is 43.0 Å². The van der Waals surface area contributed by atoms with Crippen molar-refractivity contribution in [2.45, 2.75) is 12.5 Å². The lowest BCUT2D eigenvalue weighted by Crippen LogP contribution is -2.43. The summed E-state index contributed by atoms with van der Waals surface area (Å²) >= 11 is 0. The van der Waals surface area contributed by atoms with Crippen molar-refractivity contribution in [2.75, 3.05) is 13.7 Å². The minimum atomic E-state index is -0.773. The first-order chi connectivity index (χ1) is 9.17. The van der Waals surface area contributed by atoms with E-state index >= 15 is 0 Å². The van der Waals surface area contributed by atoms with Crippen molar-refractivity contribution < 1.29 is 19.1 Å². The van der Waals surface area contributed by atoms with Crippen LogP contribution in [-0.2, 0) is 20.7 Å². The van der Waals surface area contributed by atoms with Gasteiger partial charge in [-0.25, -0.2) is 9.59 Å². The zero-order chi connectivity index (χ0) is 14.1. The molecule has 1 atom stereocenters.